The fourth-order valence-electron chi connectivity index (χ4n) is 2.72. The number of rotatable bonds is 6. The van der Waals surface area contributed by atoms with Gasteiger partial charge in [0, 0.05) is 16.6 Å². The Morgan fingerprint density at radius 2 is 2.15 bits per heavy atom. The van der Waals surface area contributed by atoms with Crippen LogP contribution in [0.5, 0.6) is 0 Å². The zero-order valence-corrected chi connectivity index (χ0v) is 12.8. The Morgan fingerprint density at radius 3 is 2.80 bits per heavy atom. The van der Waals surface area contributed by atoms with Crippen LogP contribution >= 0.6 is 11.3 Å². The van der Waals surface area contributed by atoms with E-state index in [-0.39, 0.29) is 0 Å². The summed E-state index contributed by atoms with van der Waals surface area (Å²) < 4.78 is 0. The lowest BCUT2D eigenvalue weighted by molar-refractivity contribution is 0.792. The number of aryl methyl sites for hydroxylation is 1. The largest absolute Gasteiger partial charge is 0.363 e. The van der Waals surface area contributed by atoms with Crippen molar-refractivity contribution in [2.75, 3.05) is 11.4 Å². The maximum Gasteiger partial charge on any atom is 0.0526 e. The molecule has 0 saturated heterocycles. The minimum atomic E-state index is 0.716. The molecule has 0 amide bonds. The summed E-state index contributed by atoms with van der Waals surface area (Å²) in [5.41, 5.74) is 9.90. The molecule has 2 N–H and O–H groups in total. The lowest BCUT2D eigenvalue weighted by Gasteiger charge is -2.27. The minimum Gasteiger partial charge on any atom is -0.363 e. The molecule has 0 unspecified atom stereocenters. The van der Waals surface area contributed by atoms with Crippen LogP contribution in [0.25, 0.3) is 0 Å². The van der Waals surface area contributed by atoms with Crippen LogP contribution in [0.3, 0.4) is 0 Å². The molecule has 20 heavy (non-hydrogen) atoms. The Kier molecular flexibility index (Phi) is 4.08. The number of anilines is 1. The summed E-state index contributed by atoms with van der Waals surface area (Å²) in [4.78, 5) is 4.02. The third kappa shape index (κ3) is 3.05. The number of hydrogen-bond acceptors (Lipinski definition) is 3. The molecule has 1 aliphatic rings. The lowest BCUT2D eigenvalue weighted by Crippen LogP contribution is -2.26. The SMILES string of the molecule is Cc1ccc(N(Cc2cccs2)C2CC2)c(CCN)c1. The fourth-order valence-corrected chi connectivity index (χ4v) is 3.42. The van der Waals surface area contributed by atoms with E-state index in [1.54, 1.807) is 0 Å². The van der Waals surface area contributed by atoms with Crippen LogP contribution in [0, 0.1) is 6.92 Å². The molecule has 3 heteroatoms. The van der Waals surface area contributed by atoms with Gasteiger partial charge in [-0.05, 0) is 55.8 Å². The van der Waals surface area contributed by atoms with Crippen molar-refractivity contribution < 1.29 is 0 Å². The highest BCUT2D eigenvalue weighted by Gasteiger charge is 2.30. The van der Waals surface area contributed by atoms with E-state index in [1.807, 2.05) is 11.3 Å². The second-order valence-corrected chi connectivity index (χ2v) is 6.64. The molecule has 0 bridgehead atoms. The molecule has 0 aliphatic heterocycles. The summed E-state index contributed by atoms with van der Waals surface area (Å²) in [6, 6.07) is 11.9. The highest BCUT2D eigenvalue weighted by atomic mass is 32.1. The van der Waals surface area contributed by atoms with E-state index in [2.05, 4.69) is 47.5 Å². The molecule has 1 saturated carbocycles. The van der Waals surface area contributed by atoms with Gasteiger partial charge >= 0.3 is 0 Å². The maximum absolute atomic E-state index is 5.79. The first-order valence-electron chi connectivity index (χ1n) is 7.36. The molecule has 0 spiro atoms. The highest BCUT2D eigenvalue weighted by Crippen LogP contribution is 2.36. The van der Waals surface area contributed by atoms with Crippen molar-refractivity contribution in [3.8, 4) is 0 Å². The van der Waals surface area contributed by atoms with Gasteiger partial charge in [0.25, 0.3) is 0 Å². The average molecular weight is 286 g/mol. The van der Waals surface area contributed by atoms with Gasteiger partial charge in [-0.1, -0.05) is 23.8 Å². The standard InChI is InChI=1S/C17H22N2S/c1-13-4-7-17(14(11-13)8-9-18)19(15-5-6-15)12-16-3-2-10-20-16/h2-4,7,10-11,15H,5-6,8-9,12,18H2,1H3. The summed E-state index contributed by atoms with van der Waals surface area (Å²) in [6.45, 7) is 3.90. The summed E-state index contributed by atoms with van der Waals surface area (Å²) in [5.74, 6) is 0. The fraction of sp³-hybridized carbons (Fsp3) is 0.412. The number of benzene rings is 1. The number of nitrogens with zero attached hydrogens (tertiary/aromatic N) is 1. The van der Waals surface area contributed by atoms with E-state index < -0.39 is 0 Å². The van der Waals surface area contributed by atoms with E-state index in [0.717, 1.165) is 19.0 Å². The number of nitrogens with two attached hydrogens (primary N) is 1. The molecule has 3 rings (SSSR count). The van der Waals surface area contributed by atoms with Crippen LogP contribution in [-0.4, -0.2) is 12.6 Å². The van der Waals surface area contributed by atoms with Gasteiger partial charge in [0.15, 0.2) is 0 Å². The van der Waals surface area contributed by atoms with Crippen LogP contribution in [0.4, 0.5) is 5.69 Å². The lowest BCUT2D eigenvalue weighted by atomic mass is 10.0. The summed E-state index contributed by atoms with van der Waals surface area (Å²) in [6.07, 6.45) is 3.60. The van der Waals surface area contributed by atoms with Gasteiger partial charge in [-0.15, -0.1) is 11.3 Å². The van der Waals surface area contributed by atoms with Gasteiger partial charge in [0.1, 0.15) is 0 Å². The molecule has 1 aliphatic carbocycles. The molecular weight excluding hydrogens is 264 g/mol. The van der Waals surface area contributed by atoms with Gasteiger partial charge in [0.2, 0.25) is 0 Å². The Hall–Kier alpha value is -1.32. The summed E-state index contributed by atoms with van der Waals surface area (Å²) in [5, 5.41) is 2.16. The minimum absolute atomic E-state index is 0.716. The summed E-state index contributed by atoms with van der Waals surface area (Å²) >= 11 is 1.85. The molecule has 1 aromatic heterocycles. The van der Waals surface area contributed by atoms with E-state index >= 15 is 0 Å². The third-order valence-corrected chi connectivity index (χ3v) is 4.71. The molecule has 2 nitrogen and oxygen atoms in total. The topological polar surface area (TPSA) is 29.3 Å². The normalized spacial score (nSPS) is 14.5. The van der Waals surface area contributed by atoms with Gasteiger partial charge in [-0.25, -0.2) is 0 Å². The Morgan fingerprint density at radius 1 is 1.30 bits per heavy atom. The Balaban J connectivity index is 1.90. The predicted octanol–water partition coefficient (Wildman–Crippen LogP) is 3.73. The van der Waals surface area contributed by atoms with Crippen molar-refractivity contribution in [1.82, 2.24) is 0 Å². The van der Waals surface area contributed by atoms with Gasteiger partial charge in [0.05, 0.1) is 6.54 Å². The first kappa shape index (κ1) is 13.7. The molecule has 106 valence electrons. The van der Waals surface area contributed by atoms with Crippen LogP contribution < -0.4 is 10.6 Å². The van der Waals surface area contributed by atoms with Gasteiger partial charge in [-0.3, -0.25) is 0 Å². The predicted molar refractivity (Wildman–Crippen MR) is 87.5 cm³/mol. The van der Waals surface area contributed by atoms with Crippen molar-refractivity contribution in [2.24, 2.45) is 5.73 Å². The van der Waals surface area contributed by atoms with Gasteiger partial charge < -0.3 is 10.6 Å². The van der Waals surface area contributed by atoms with Crippen LogP contribution in [-0.2, 0) is 13.0 Å². The Labute approximate surface area is 125 Å². The average Bonchev–Trinajstić information content (AvgIpc) is 3.15. The molecular formula is C17H22N2S. The number of thiophene rings is 1. The molecule has 0 radical (unpaired) electrons. The van der Waals surface area contributed by atoms with Crippen molar-refractivity contribution >= 4 is 17.0 Å². The van der Waals surface area contributed by atoms with Crippen molar-refractivity contribution in [3.63, 3.8) is 0 Å². The Bertz CT molecular complexity index is 558. The van der Waals surface area contributed by atoms with Crippen LogP contribution in [0.1, 0.15) is 28.8 Å². The van der Waals surface area contributed by atoms with Crippen LogP contribution in [0.2, 0.25) is 0 Å². The van der Waals surface area contributed by atoms with Crippen molar-refractivity contribution in [2.45, 2.75) is 38.8 Å². The summed E-state index contributed by atoms with van der Waals surface area (Å²) in [7, 11) is 0. The molecule has 1 aromatic carbocycles. The smallest absolute Gasteiger partial charge is 0.0526 e. The van der Waals surface area contributed by atoms with E-state index in [0.29, 0.717) is 6.54 Å². The monoisotopic (exact) mass is 286 g/mol. The second kappa shape index (κ2) is 5.98. The maximum atomic E-state index is 5.79. The first-order valence-corrected chi connectivity index (χ1v) is 8.24. The van der Waals surface area contributed by atoms with E-state index in [4.69, 9.17) is 5.73 Å². The first-order chi connectivity index (χ1) is 9.78. The van der Waals surface area contributed by atoms with E-state index in [1.165, 1.54) is 34.5 Å². The van der Waals surface area contributed by atoms with E-state index in [9.17, 15) is 0 Å². The number of hydrogen-bond donors (Lipinski definition) is 1. The zero-order chi connectivity index (χ0) is 13.9. The van der Waals surface area contributed by atoms with Crippen molar-refractivity contribution in [3.05, 3.63) is 51.7 Å². The highest BCUT2D eigenvalue weighted by molar-refractivity contribution is 7.09. The molecule has 0 atom stereocenters. The quantitative estimate of drug-likeness (QED) is 0.877. The third-order valence-electron chi connectivity index (χ3n) is 3.85. The zero-order valence-electron chi connectivity index (χ0n) is 12.0. The van der Waals surface area contributed by atoms with Crippen molar-refractivity contribution in [1.29, 1.82) is 0 Å². The molecule has 2 aromatic rings. The second-order valence-electron chi connectivity index (χ2n) is 5.61. The molecule has 1 heterocycles. The molecule has 1 fully saturated rings. The van der Waals surface area contributed by atoms with Gasteiger partial charge in [-0.2, -0.15) is 0 Å². The van der Waals surface area contributed by atoms with Crippen LogP contribution in [0.15, 0.2) is 35.7 Å².